The van der Waals surface area contributed by atoms with Gasteiger partial charge in [-0.25, -0.2) is 4.98 Å². The number of nitrogens with one attached hydrogen (secondary N) is 2. The van der Waals surface area contributed by atoms with Crippen LogP contribution in [0, 0.1) is 12.8 Å². The van der Waals surface area contributed by atoms with Gasteiger partial charge in [-0.05, 0) is 37.8 Å². The molecular formula is C22H35IN6. The van der Waals surface area contributed by atoms with Crippen LogP contribution in [0.5, 0.6) is 0 Å². The normalized spacial score (nSPS) is 20.0. The number of hydrogen-bond donors (Lipinski definition) is 2. The largest absolute Gasteiger partial charge is 0.352 e. The van der Waals surface area contributed by atoms with Crippen molar-refractivity contribution in [1.29, 1.82) is 0 Å². The molecule has 1 fully saturated rings. The highest BCUT2D eigenvalue weighted by Crippen LogP contribution is 2.18. The zero-order valence-corrected chi connectivity index (χ0v) is 20.6. The third-order valence-electron chi connectivity index (χ3n) is 5.64. The number of aliphatic imine (C=N–C) groups is 1. The van der Waals surface area contributed by atoms with Crippen LogP contribution in [0.4, 0.5) is 0 Å². The van der Waals surface area contributed by atoms with Gasteiger partial charge in [0.1, 0.15) is 5.82 Å². The van der Waals surface area contributed by atoms with Crippen LogP contribution >= 0.6 is 24.0 Å². The lowest BCUT2D eigenvalue weighted by molar-refractivity contribution is 0.265. The molecule has 0 spiro atoms. The van der Waals surface area contributed by atoms with E-state index in [9.17, 15) is 0 Å². The van der Waals surface area contributed by atoms with Crippen LogP contribution in [0.3, 0.4) is 0 Å². The number of guanidine groups is 1. The van der Waals surface area contributed by atoms with Crippen molar-refractivity contribution < 1.29 is 0 Å². The van der Waals surface area contributed by atoms with Crippen LogP contribution in [-0.2, 0) is 13.1 Å². The first-order valence-corrected chi connectivity index (χ1v) is 10.2. The minimum absolute atomic E-state index is 0. The minimum atomic E-state index is 0. The van der Waals surface area contributed by atoms with Crippen molar-refractivity contribution in [1.82, 2.24) is 25.1 Å². The van der Waals surface area contributed by atoms with E-state index in [1.807, 2.05) is 26.4 Å². The van der Waals surface area contributed by atoms with E-state index in [2.05, 4.69) is 75.1 Å². The lowest BCUT2D eigenvalue weighted by atomic mass is 10.1. The van der Waals surface area contributed by atoms with Gasteiger partial charge in [0, 0.05) is 57.7 Å². The van der Waals surface area contributed by atoms with E-state index in [1.54, 1.807) is 0 Å². The molecule has 0 radical (unpaired) electrons. The third-order valence-corrected chi connectivity index (χ3v) is 5.64. The summed E-state index contributed by atoms with van der Waals surface area (Å²) in [5.74, 6) is 2.52. The summed E-state index contributed by atoms with van der Waals surface area (Å²) in [6, 6.07) is 9.71. The van der Waals surface area contributed by atoms with Crippen molar-refractivity contribution in [2.75, 3.05) is 20.1 Å². The van der Waals surface area contributed by atoms with Crippen LogP contribution in [0.25, 0.3) is 0 Å². The predicted octanol–water partition coefficient (Wildman–Crippen LogP) is 3.25. The van der Waals surface area contributed by atoms with Gasteiger partial charge in [0.15, 0.2) is 5.96 Å². The lowest BCUT2D eigenvalue weighted by Crippen LogP contribution is -2.46. The molecule has 2 aromatic rings. The third kappa shape index (κ3) is 6.44. The number of aromatic nitrogens is 2. The molecule has 1 saturated heterocycles. The van der Waals surface area contributed by atoms with E-state index in [0.717, 1.165) is 38.0 Å². The summed E-state index contributed by atoms with van der Waals surface area (Å²) in [6.45, 7) is 12.7. The molecule has 3 rings (SSSR count). The molecule has 1 aliphatic rings. The van der Waals surface area contributed by atoms with Gasteiger partial charge in [-0.1, -0.05) is 31.2 Å². The molecule has 0 aliphatic carbocycles. The first-order valence-electron chi connectivity index (χ1n) is 10.2. The maximum absolute atomic E-state index is 4.43. The number of aryl methyl sites for hydroxylation is 1. The van der Waals surface area contributed by atoms with Crippen LogP contribution in [0.2, 0.25) is 0 Å². The average molecular weight is 510 g/mol. The van der Waals surface area contributed by atoms with Gasteiger partial charge in [0.2, 0.25) is 0 Å². The Labute approximate surface area is 192 Å². The summed E-state index contributed by atoms with van der Waals surface area (Å²) in [5.41, 5.74) is 2.53. The molecule has 2 N–H and O–H groups in total. The summed E-state index contributed by atoms with van der Waals surface area (Å²) in [5, 5.41) is 7.09. The van der Waals surface area contributed by atoms with Gasteiger partial charge in [-0.3, -0.25) is 9.89 Å². The van der Waals surface area contributed by atoms with Crippen molar-refractivity contribution in [3.05, 3.63) is 53.6 Å². The van der Waals surface area contributed by atoms with Crippen molar-refractivity contribution in [3.8, 4) is 0 Å². The Kier molecular flexibility index (Phi) is 8.95. The van der Waals surface area contributed by atoms with Gasteiger partial charge in [-0.15, -0.1) is 24.0 Å². The summed E-state index contributed by atoms with van der Waals surface area (Å²) in [7, 11) is 1.84. The van der Waals surface area contributed by atoms with Crippen LogP contribution in [0.15, 0.2) is 41.7 Å². The molecule has 2 heterocycles. The molecule has 160 valence electrons. The Bertz CT molecular complexity index is 800. The topological polar surface area (TPSA) is 57.5 Å². The van der Waals surface area contributed by atoms with Crippen LogP contribution in [0.1, 0.15) is 37.7 Å². The molecule has 2 atom stereocenters. The highest BCUT2D eigenvalue weighted by molar-refractivity contribution is 14.0. The Morgan fingerprint density at radius 3 is 2.66 bits per heavy atom. The molecular weight excluding hydrogens is 475 g/mol. The van der Waals surface area contributed by atoms with Gasteiger partial charge >= 0.3 is 0 Å². The van der Waals surface area contributed by atoms with E-state index in [-0.39, 0.29) is 24.0 Å². The number of likely N-dealkylation sites (tertiary alicyclic amines) is 1. The van der Waals surface area contributed by atoms with Gasteiger partial charge in [-0.2, -0.15) is 0 Å². The molecule has 0 bridgehead atoms. The van der Waals surface area contributed by atoms with E-state index in [0.29, 0.717) is 18.0 Å². The van der Waals surface area contributed by atoms with Gasteiger partial charge < -0.3 is 15.2 Å². The predicted molar refractivity (Wildman–Crippen MR) is 131 cm³/mol. The zero-order valence-electron chi connectivity index (χ0n) is 18.2. The second kappa shape index (κ2) is 11.0. The number of imidazole rings is 1. The zero-order chi connectivity index (χ0) is 20.1. The highest BCUT2D eigenvalue weighted by atomic mass is 127. The second-order valence-electron chi connectivity index (χ2n) is 8.12. The van der Waals surface area contributed by atoms with Crippen LogP contribution in [-0.4, -0.2) is 52.6 Å². The fraction of sp³-hybridized carbons (Fsp3) is 0.545. The SMILES string of the molecule is CN=C(NCc1cccc(Cn2ccnc2C)c1)NC1CN(C(C)C)CC1C.I. The number of halogens is 1. The first-order chi connectivity index (χ1) is 13.5. The molecule has 0 amide bonds. The maximum atomic E-state index is 4.43. The molecule has 0 saturated carbocycles. The Hall–Kier alpha value is -1.61. The number of benzene rings is 1. The van der Waals surface area contributed by atoms with Gasteiger partial charge in [0.25, 0.3) is 0 Å². The van der Waals surface area contributed by atoms with Gasteiger partial charge in [0.05, 0.1) is 0 Å². The van der Waals surface area contributed by atoms with Crippen molar-refractivity contribution in [2.24, 2.45) is 10.9 Å². The molecule has 1 aromatic carbocycles. The van der Waals surface area contributed by atoms with E-state index >= 15 is 0 Å². The molecule has 29 heavy (non-hydrogen) atoms. The molecule has 1 aromatic heterocycles. The molecule has 1 aliphatic heterocycles. The standard InChI is InChI=1S/C22H34N6.HI/c1-16(2)28-13-17(3)21(15-28)26-22(23-5)25-12-19-7-6-8-20(11-19)14-27-10-9-24-18(27)4;/h6-11,16-17,21H,12-15H2,1-5H3,(H2,23,25,26);1H. The first kappa shape index (κ1) is 23.7. The Balaban J connectivity index is 0.00000300. The fourth-order valence-electron chi connectivity index (χ4n) is 3.78. The Morgan fingerprint density at radius 1 is 1.28 bits per heavy atom. The van der Waals surface area contributed by atoms with Crippen molar-refractivity contribution in [3.63, 3.8) is 0 Å². The van der Waals surface area contributed by atoms with Crippen molar-refractivity contribution >= 4 is 29.9 Å². The molecule has 2 unspecified atom stereocenters. The summed E-state index contributed by atoms with van der Waals surface area (Å²) in [4.78, 5) is 11.3. The number of nitrogens with zero attached hydrogens (tertiary/aromatic N) is 4. The van der Waals surface area contributed by atoms with Crippen molar-refractivity contribution in [2.45, 2.75) is 52.9 Å². The highest BCUT2D eigenvalue weighted by Gasteiger charge is 2.31. The lowest BCUT2D eigenvalue weighted by Gasteiger charge is -2.22. The van der Waals surface area contributed by atoms with Crippen LogP contribution < -0.4 is 10.6 Å². The number of rotatable bonds is 6. The minimum Gasteiger partial charge on any atom is -0.352 e. The summed E-state index contributed by atoms with van der Waals surface area (Å²) >= 11 is 0. The average Bonchev–Trinajstić information content (AvgIpc) is 3.25. The second-order valence-corrected chi connectivity index (χ2v) is 8.12. The number of hydrogen-bond acceptors (Lipinski definition) is 3. The molecule has 6 nitrogen and oxygen atoms in total. The summed E-state index contributed by atoms with van der Waals surface area (Å²) < 4.78 is 2.16. The maximum Gasteiger partial charge on any atom is 0.191 e. The monoisotopic (exact) mass is 510 g/mol. The van der Waals surface area contributed by atoms with E-state index in [4.69, 9.17) is 0 Å². The molecule has 7 heteroatoms. The fourth-order valence-corrected chi connectivity index (χ4v) is 3.78. The van der Waals surface area contributed by atoms with E-state index < -0.39 is 0 Å². The summed E-state index contributed by atoms with van der Waals surface area (Å²) in [6.07, 6.45) is 3.87. The Morgan fingerprint density at radius 2 is 2.03 bits per heavy atom. The quantitative estimate of drug-likeness (QED) is 0.356. The van der Waals surface area contributed by atoms with E-state index in [1.165, 1.54) is 11.1 Å². The smallest absolute Gasteiger partial charge is 0.191 e.